The van der Waals surface area contributed by atoms with Gasteiger partial charge in [-0.1, -0.05) is 12.1 Å². The number of carbonyl (C=O) groups is 1. The second-order valence-corrected chi connectivity index (χ2v) is 6.46. The number of amides is 1. The monoisotopic (exact) mass is 417 g/mol. The molecule has 1 aliphatic rings. The van der Waals surface area contributed by atoms with Crippen LogP contribution in [0, 0.1) is 5.82 Å². The highest BCUT2D eigenvalue weighted by Crippen LogP contribution is 2.08. The van der Waals surface area contributed by atoms with Crippen LogP contribution in [0.1, 0.15) is 23.4 Å². The van der Waals surface area contributed by atoms with Gasteiger partial charge in [0.2, 0.25) is 5.91 Å². The van der Waals surface area contributed by atoms with Crippen LogP contribution in [-0.2, 0) is 31.0 Å². The molecule has 150 valence electrons. The highest BCUT2D eigenvalue weighted by molar-refractivity contribution is 5.85. The molecule has 1 aliphatic heterocycles. The first-order valence-electron chi connectivity index (χ1n) is 8.56. The molecule has 0 bridgehead atoms. The van der Waals surface area contributed by atoms with Crippen molar-refractivity contribution < 1.29 is 9.18 Å². The third kappa shape index (κ3) is 7.10. The number of carbonyl (C=O) groups excluding carboxylic acids is 1. The first-order chi connectivity index (χ1) is 12.1. The molecule has 2 aromatic rings. The molecule has 0 saturated carbocycles. The minimum atomic E-state index is -0.252. The van der Waals surface area contributed by atoms with Crippen LogP contribution < -0.4 is 10.6 Å². The average Bonchev–Trinajstić information content (AvgIpc) is 2.84. The Hall–Kier alpha value is -1.67. The van der Waals surface area contributed by atoms with E-state index in [1.54, 1.807) is 12.1 Å². The fourth-order valence-electron chi connectivity index (χ4n) is 2.96. The Morgan fingerprint density at radius 2 is 2.07 bits per heavy atom. The maximum absolute atomic E-state index is 12.9. The van der Waals surface area contributed by atoms with Gasteiger partial charge in [0.05, 0.1) is 24.5 Å². The molecule has 0 radical (unpaired) electrons. The molecule has 1 amide bonds. The summed E-state index contributed by atoms with van der Waals surface area (Å²) in [6.45, 7) is 4.06. The largest absolute Gasteiger partial charge is 0.349 e. The van der Waals surface area contributed by atoms with Crippen LogP contribution in [-0.4, -0.2) is 40.7 Å². The fourth-order valence-corrected chi connectivity index (χ4v) is 2.96. The van der Waals surface area contributed by atoms with Gasteiger partial charge < -0.3 is 10.6 Å². The Morgan fingerprint density at radius 3 is 2.81 bits per heavy atom. The van der Waals surface area contributed by atoms with Gasteiger partial charge in [-0.05, 0) is 43.8 Å². The lowest BCUT2D eigenvalue weighted by Gasteiger charge is -2.16. The van der Waals surface area contributed by atoms with Crippen molar-refractivity contribution in [2.24, 2.45) is 0 Å². The van der Waals surface area contributed by atoms with Crippen molar-refractivity contribution in [1.29, 1.82) is 0 Å². The van der Waals surface area contributed by atoms with Gasteiger partial charge in [-0.3, -0.25) is 14.4 Å². The van der Waals surface area contributed by atoms with Crippen LogP contribution in [0.15, 0.2) is 30.3 Å². The van der Waals surface area contributed by atoms with Crippen molar-refractivity contribution in [3.63, 3.8) is 0 Å². The van der Waals surface area contributed by atoms with Gasteiger partial charge in [-0.25, -0.2) is 4.39 Å². The number of fused-ring (bicyclic) bond motifs is 1. The van der Waals surface area contributed by atoms with Crippen molar-refractivity contribution in [2.45, 2.75) is 32.6 Å². The van der Waals surface area contributed by atoms with Gasteiger partial charge >= 0.3 is 0 Å². The maximum atomic E-state index is 12.9. The summed E-state index contributed by atoms with van der Waals surface area (Å²) < 4.78 is 14.9. The van der Waals surface area contributed by atoms with Gasteiger partial charge in [0.25, 0.3) is 0 Å². The van der Waals surface area contributed by atoms with E-state index in [-0.39, 0.29) is 43.1 Å². The Labute approximate surface area is 171 Å². The van der Waals surface area contributed by atoms with Crippen LogP contribution in [0.25, 0.3) is 0 Å². The summed E-state index contributed by atoms with van der Waals surface area (Å²) in [6.07, 6.45) is 1.06. The van der Waals surface area contributed by atoms with Crippen LogP contribution in [0.3, 0.4) is 0 Å². The van der Waals surface area contributed by atoms with Crippen molar-refractivity contribution in [3.05, 3.63) is 53.1 Å². The zero-order valence-corrected chi connectivity index (χ0v) is 16.9. The lowest BCUT2D eigenvalue weighted by atomic mass is 10.2. The summed E-state index contributed by atoms with van der Waals surface area (Å²) in [5.41, 5.74) is 3.02. The number of hydrogen-bond donors (Lipinski definition) is 2. The maximum Gasteiger partial charge on any atom is 0.234 e. The van der Waals surface area contributed by atoms with Crippen LogP contribution in [0.4, 0.5) is 4.39 Å². The topological polar surface area (TPSA) is 62.2 Å². The second-order valence-electron chi connectivity index (χ2n) is 6.46. The zero-order chi connectivity index (χ0) is 17.6. The highest BCUT2D eigenvalue weighted by Gasteiger charge is 2.12. The van der Waals surface area contributed by atoms with E-state index in [0.29, 0.717) is 13.1 Å². The normalized spacial score (nSPS) is 13.1. The summed E-state index contributed by atoms with van der Waals surface area (Å²) in [6, 6.07) is 8.37. The molecule has 3 rings (SSSR count). The molecule has 2 heterocycles. The number of nitrogens with zero attached hydrogens (tertiary/aromatic N) is 3. The Balaban J connectivity index is 0.00000182. The fraction of sp³-hybridized carbons (Fsp3) is 0.444. The predicted octanol–water partition coefficient (Wildman–Crippen LogP) is 2.11. The first-order valence-corrected chi connectivity index (χ1v) is 8.56. The van der Waals surface area contributed by atoms with Crippen molar-refractivity contribution in [3.8, 4) is 0 Å². The molecule has 0 fully saturated rings. The van der Waals surface area contributed by atoms with Crippen molar-refractivity contribution in [2.75, 3.05) is 20.1 Å². The first kappa shape index (κ1) is 23.4. The molecule has 0 saturated heterocycles. The number of likely N-dealkylation sites (N-methyl/N-ethyl adjacent to an activating group) is 1. The third-order valence-corrected chi connectivity index (χ3v) is 4.19. The highest BCUT2D eigenvalue weighted by atomic mass is 35.5. The van der Waals surface area contributed by atoms with E-state index in [4.69, 9.17) is 0 Å². The predicted molar refractivity (Wildman–Crippen MR) is 108 cm³/mol. The van der Waals surface area contributed by atoms with E-state index in [2.05, 4.69) is 15.7 Å². The van der Waals surface area contributed by atoms with E-state index in [1.165, 1.54) is 12.1 Å². The molecule has 27 heavy (non-hydrogen) atoms. The van der Waals surface area contributed by atoms with Gasteiger partial charge in [0.1, 0.15) is 5.82 Å². The van der Waals surface area contributed by atoms with Crippen molar-refractivity contribution >= 4 is 30.7 Å². The van der Waals surface area contributed by atoms with Gasteiger partial charge in [-0.15, -0.1) is 24.8 Å². The number of halogens is 3. The minimum absolute atomic E-state index is 0. The Morgan fingerprint density at radius 1 is 1.33 bits per heavy atom. The number of aromatic nitrogens is 2. The Kier molecular flexibility index (Phi) is 9.73. The van der Waals surface area contributed by atoms with E-state index in [9.17, 15) is 9.18 Å². The summed E-state index contributed by atoms with van der Waals surface area (Å²) >= 11 is 0. The smallest absolute Gasteiger partial charge is 0.234 e. The molecule has 0 aliphatic carbocycles. The second kappa shape index (κ2) is 11.2. The zero-order valence-electron chi connectivity index (χ0n) is 15.3. The standard InChI is InChI=1S/C18H24FN5O.2ClH/c1-23(12-14-3-5-15(19)6-4-14)13-18(25)21-10-16-9-17-11-20-7-2-8-24(17)22-16;;/h3-6,9,20H,2,7-8,10-13H2,1H3,(H,21,25);2*1H. The molecule has 0 atom stereocenters. The number of aryl methyl sites for hydroxylation is 1. The SMILES string of the molecule is CN(CC(=O)NCc1cc2n(n1)CCCNC2)Cc1ccc(F)cc1.Cl.Cl. The average molecular weight is 418 g/mol. The minimum Gasteiger partial charge on any atom is -0.349 e. The molecule has 9 heteroatoms. The summed E-state index contributed by atoms with van der Waals surface area (Å²) in [7, 11) is 1.87. The molecular weight excluding hydrogens is 392 g/mol. The summed E-state index contributed by atoms with van der Waals surface area (Å²) in [5, 5.41) is 10.8. The molecule has 6 nitrogen and oxygen atoms in total. The molecule has 2 N–H and O–H groups in total. The lowest BCUT2D eigenvalue weighted by Crippen LogP contribution is -2.34. The molecule has 1 aromatic carbocycles. The number of hydrogen-bond acceptors (Lipinski definition) is 4. The van der Waals surface area contributed by atoms with E-state index in [0.717, 1.165) is 43.0 Å². The lowest BCUT2D eigenvalue weighted by molar-refractivity contribution is -0.122. The van der Waals surface area contributed by atoms with Crippen LogP contribution in [0.2, 0.25) is 0 Å². The number of nitrogens with one attached hydrogen (secondary N) is 2. The number of rotatable bonds is 6. The molecule has 0 unspecified atom stereocenters. The van der Waals surface area contributed by atoms with Gasteiger partial charge in [-0.2, -0.15) is 5.10 Å². The summed E-state index contributed by atoms with van der Waals surface area (Å²) in [4.78, 5) is 14.0. The van der Waals surface area contributed by atoms with E-state index >= 15 is 0 Å². The van der Waals surface area contributed by atoms with Crippen LogP contribution >= 0.6 is 24.8 Å². The summed E-state index contributed by atoms with van der Waals surface area (Å²) in [5.74, 6) is -0.302. The molecular formula is C18H26Cl2FN5O. The Bertz CT molecular complexity index is 700. The van der Waals surface area contributed by atoms with Crippen LogP contribution in [0.5, 0.6) is 0 Å². The molecule has 0 spiro atoms. The van der Waals surface area contributed by atoms with E-state index < -0.39 is 0 Å². The number of benzene rings is 1. The van der Waals surface area contributed by atoms with Gasteiger partial charge in [0.15, 0.2) is 0 Å². The molecule has 1 aromatic heterocycles. The van der Waals surface area contributed by atoms with Gasteiger partial charge in [0, 0.05) is 19.6 Å². The third-order valence-electron chi connectivity index (χ3n) is 4.19. The van der Waals surface area contributed by atoms with Crippen molar-refractivity contribution in [1.82, 2.24) is 25.3 Å². The quantitative estimate of drug-likeness (QED) is 0.755. The van der Waals surface area contributed by atoms with E-state index in [1.807, 2.05) is 22.7 Å².